The lowest BCUT2D eigenvalue weighted by molar-refractivity contribution is 0.0523. The Morgan fingerprint density at radius 2 is 1.08 bits per heavy atom. The number of hydrogen-bond acceptors (Lipinski definition) is 7. The van der Waals surface area contributed by atoms with Crippen LogP contribution in [0.4, 0.5) is 17.6 Å². The summed E-state index contributed by atoms with van der Waals surface area (Å²) < 4.78 is 62.5. The molecule has 6 aromatic rings. The Kier molecular flexibility index (Phi) is 10.0. The number of aryl methyl sites for hydroxylation is 2. The molecule has 0 saturated carbocycles. The van der Waals surface area contributed by atoms with E-state index in [0.29, 0.717) is 61.9 Å². The second-order valence-corrected chi connectivity index (χ2v) is 12.2. The molecule has 260 valence electrons. The Morgan fingerprint density at radius 3 is 1.44 bits per heavy atom. The number of carbonyl (C=O) groups excluding carboxylic acids is 1. The molecule has 0 saturated heterocycles. The van der Waals surface area contributed by atoms with Crippen LogP contribution in [0, 0.1) is 37.1 Å². The van der Waals surface area contributed by atoms with Crippen LogP contribution in [0.3, 0.4) is 0 Å². The number of carboxylic acids is 1. The minimum absolute atomic E-state index is 0.0289. The van der Waals surface area contributed by atoms with Crippen molar-refractivity contribution in [3.63, 3.8) is 0 Å². The lowest BCUT2D eigenvalue weighted by atomic mass is 10.00. The van der Waals surface area contributed by atoms with Gasteiger partial charge in [0.2, 0.25) is 0 Å². The number of esters is 1. The van der Waals surface area contributed by atoms with E-state index in [1.165, 1.54) is 45.7 Å². The van der Waals surface area contributed by atoms with E-state index in [1.807, 2.05) is 27.7 Å². The third-order valence-electron chi connectivity index (χ3n) is 7.88. The summed E-state index contributed by atoms with van der Waals surface area (Å²) in [7, 11) is 0. The number of fused-ring (bicyclic) bond motifs is 2. The lowest BCUT2D eigenvalue weighted by Gasteiger charge is -2.13. The maximum atomic E-state index is 13.7. The third-order valence-corrected chi connectivity index (χ3v) is 7.88. The summed E-state index contributed by atoms with van der Waals surface area (Å²) in [5.74, 6) is -4.46. The maximum Gasteiger partial charge on any atom is 0.340 e. The van der Waals surface area contributed by atoms with Crippen LogP contribution in [0.2, 0.25) is 0 Å². The summed E-state index contributed by atoms with van der Waals surface area (Å²) in [6, 6.07) is 6.46. The normalized spacial score (nSPS) is 11.4. The second kappa shape index (κ2) is 14.1. The van der Waals surface area contributed by atoms with E-state index in [4.69, 9.17) is 4.74 Å². The lowest BCUT2D eigenvalue weighted by Crippen LogP contribution is -2.12. The van der Waals surface area contributed by atoms with Gasteiger partial charge in [0.05, 0.1) is 52.9 Å². The van der Waals surface area contributed by atoms with Crippen molar-refractivity contribution in [1.82, 2.24) is 29.2 Å². The van der Waals surface area contributed by atoms with Gasteiger partial charge in [0.15, 0.2) is 11.3 Å². The van der Waals surface area contributed by atoms with Crippen LogP contribution in [-0.2, 0) is 4.74 Å². The largest absolute Gasteiger partial charge is 0.478 e. The zero-order chi connectivity index (χ0) is 36.6. The molecule has 0 radical (unpaired) electrons. The first-order valence-electron chi connectivity index (χ1n) is 15.7. The minimum atomic E-state index is -1.09. The van der Waals surface area contributed by atoms with Gasteiger partial charge in [-0.05, 0) is 56.9 Å². The van der Waals surface area contributed by atoms with E-state index >= 15 is 0 Å². The summed E-state index contributed by atoms with van der Waals surface area (Å²) in [4.78, 5) is 32.6. The van der Waals surface area contributed by atoms with E-state index in [9.17, 15) is 32.3 Å². The number of halogens is 4. The molecule has 14 heteroatoms. The van der Waals surface area contributed by atoms with Crippen LogP contribution in [0.1, 0.15) is 89.7 Å². The van der Waals surface area contributed by atoms with Gasteiger partial charge in [-0.2, -0.15) is 10.2 Å². The first-order chi connectivity index (χ1) is 23.6. The van der Waals surface area contributed by atoms with Gasteiger partial charge in [-0.25, -0.2) is 46.1 Å². The number of nitrogens with zero attached hydrogens (tertiary/aromatic N) is 6. The molecule has 4 heterocycles. The Hall–Kier alpha value is -5.66. The van der Waals surface area contributed by atoms with Crippen LogP contribution < -0.4 is 0 Å². The molecule has 0 unspecified atom stereocenters. The number of benzene rings is 2. The van der Waals surface area contributed by atoms with Crippen LogP contribution in [0.15, 0.2) is 48.8 Å². The smallest absolute Gasteiger partial charge is 0.340 e. The molecule has 0 atom stereocenters. The number of hydrogen-bond donors (Lipinski definition) is 1. The van der Waals surface area contributed by atoms with E-state index < -0.39 is 35.2 Å². The molecule has 4 aromatic heterocycles. The average molecular weight is 691 g/mol. The van der Waals surface area contributed by atoms with Crippen LogP contribution in [0.25, 0.3) is 33.8 Å². The fourth-order valence-corrected chi connectivity index (χ4v) is 5.94. The molecule has 0 amide bonds. The highest BCUT2D eigenvalue weighted by Crippen LogP contribution is 2.32. The van der Waals surface area contributed by atoms with E-state index in [0.717, 1.165) is 12.1 Å². The van der Waals surface area contributed by atoms with Crippen molar-refractivity contribution in [1.29, 1.82) is 0 Å². The molecule has 0 aliphatic rings. The molecule has 6 rings (SSSR count). The van der Waals surface area contributed by atoms with Gasteiger partial charge in [0.25, 0.3) is 0 Å². The van der Waals surface area contributed by atoms with E-state index in [1.54, 1.807) is 20.8 Å². The fourth-order valence-electron chi connectivity index (χ4n) is 5.94. The first kappa shape index (κ1) is 35.6. The highest BCUT2D eigenvalue weighted by molar-refractivity contribution is 5.93. The Balaban J connectivity index is 0.000000195. The van der Waals surface area contributed by atoms with E-state index in [2.05, 4.69) is 20.2 Å². The highest BCUT2D eigenvalue weighted by atomic mass is 19.1. The number of carbonyl (C=O) groups is 2. The molecule has 10 nitrogen and oxygen atoms in total. The number of aromatic nitrogens is 6. The number of aromatic carboxylic acids is 1. The molecule has 50 heavy (non-hydrogen) atoms. The maximum absolute atomic E-state index is 13.7. The second-order valence-electron chi connectivity index (χ2n) is 12.2. The van der Waals surface area contributed by atoms with Gasteiger partial charge in [0.1, 0.15) is 23.3 Å². The SMILES string of the molecule is CCOC(=O)c1cnn2c(-c3cc(F)cc(F)c3)c(C)nc2c1C(C)C.Cc1nc2c(C(C)C)c(C(=O)O)cnn2c1-c1cc(F)cc(F)c1. The van der Waals surface area contributed by atoms with Crippen LogP contribution in [0.5, 0.6) is 0 Å². The van der Waals surface area contributed by atoms with Crippen molar-refractivity contribution in [2.24, 2.45) is 0 Å². The monoisotopic (exact) mass is 690 g/mol. The minimum Gasteiger partial charge on any atom is -0.478 e. The van der Waals surface area contributed by atoms with Crippen LogP contribution in [-0.4, -0.2) is 52.8 Å². The summed E-state index contributed by atoms with van der Waals surface area (Å²) in [6.45, 7) is 13.0. The zero-order valence-corrected chi connectivity index (χ0v) is 28.3. The van der Waals surface area contributed by atoms with Gasteiger partial charge in [-0.15, -0.1) is 0 Å². The quantitative estimate of drug-likeness (QED) is 0.132. The molecule has 0 spiro atoms. The van der Waals surface area contributed by atoms with Crippen molar-refractivity contribution < 1.29 is 37.0 Å². The van der Waals surface area contributed by atoms with Crippen molar-refractivity contribution in [2.45, 2.75) is 60.3 Å². The molecule has 0 aliphatic heterocycles. The predicted octanol–water partition coefficient (Wildman–Crippen LogP) is 8.09. The Bertz CT molecular complexity index is 2240. The molecule has 0 aliphatic carbocycles. The topological polar surface area (TPSA) is 124 Å². The van der Waals surface area contributed by atoms with Gasteiger partial charge in [-0.3, -0.25) is 0 Å². The summed E-state index contributed by atoms with van der Waals surface area (Å²) in [5, 5.41) is 17.8. The number of rotatable bonds is 7. The molecule has 1 N–H and O–H groups in total. The molecule has 0 fully saturated rings. The summed E-state index contributed by atoms with van der Waals surface area (Å²) >= 11 is 0. The van der Waals surface area contributed by atoms with Crippen LogP contribution >= 0.6 is 0 Å². The zero-order valence-electron chi connectivity index (χ0n) is 28.3. The number of imidazole rings is 2. The van der Waals surface area contributed by atoms with Gasteiger partial charge in [-0.1, -0.05) is 27.7 Å². The van der Waals surface area contributed by atoms with Crippen molar-refractivity contribution in [2.75, 3.05) is 6.61 Å². The standard InChI is InChI=1S/C19H19F2N3O2.C17H15F2N3O2/c1-5-26-19(25)15-9-22-24-17(12-6-13(20)8-14(21)7-12)11(4)23-18(24)16(15)10(2)3;1-8(2)14-13(17(23)24)7-20-22-15(9(3)21-16(14)22)10-4-11(18)6-12(19)5-10/h6-10H,5H2,1-4H3;4-8H,1-3H3,(H,23,24). The van der Waals surface area contributed by atoms with Crippen molar-refractivity contribution >= 4 is 23.2 Å². The number of ether oxygens (including phenoxy) is 1. The van der Waals surface area contributed by atoms with Gasteiger partial charge < -0.3 is 9.84 Å². The fraction of sp³-hybridized carbons (Fsp3) is 0.278. The predicted molar refractivity (Wildman–Crippen MR) is 177 cm³/mol. The Labute approximate surface area is 284 Å². The molecular weight excluding hydrogens is 656 g/mol. The average Bonchev–Trinajstić information content (AvgIpc) is 3.54. The summed E-state index contributed by atoms with van der Waals surface area (Å²) in [5.41, 5.74) is 5.09. The first-order valence-corrected chi connectivity index (χ1v) is 15.7. The van der Waals surface area contributed by atoms with Gasteiger partial charge >= 0.3 is 11.9 Å². The summed E-state index contributed by atoms with van der Waals surface area (Å²) in [6.07, 6.45) is 2.66. The number of carboxylic acid groups (broad SMARTS) is 1. The van der Waals surface area contributed by atoms with Crippen molar-refractivity contribution in [3.8, 4) is 22.5 Å². The highest BCUT2D eigenvalue weighted by Gasteiger charge is 2.25. The van der Waals surface area contributed by atoms with Gasteiger partial charge in [0, 0.05) is 34.4 Å². The third kappa shape index (κ3) is 6.78. The Morgan fingerprint density at radius 1 is 0.700 bits per heavy atom. The van der Waals surface area contributed by atoms with Crippen molar-refractivity contribution in [3.05, 3.63) is 106 Å². The molecule has 0 bridgehead atoms. The molecular formula is C36H34F4N6O4. The molecule has 2 aromatic carbocycles. The van der Waals surface area contributed by atoms with E-state index in [-0.39, 0.29) is 24.0 Å².